The molecule has 0 heterocycles. The predicted molar refractivity (Wildman–Crippen MR) is 51.0 cm³/mol. The summed E-state index contributed by atoms with van der Waals surface area (Å²) in [5, 5.41) is 0. The maximum atomic E-state index is 6.05. The van der Waals surface area contributed by atoms with Gasteiger partial charge in [-0.1, -0.05) is 32.6 Å². The highest BCUT2D eigenvalue weighted by Gasteiger charge is 2.31. The molecule has 1 fully saturated rings. The Morgan fingerprint density at radius 3 is 2.73 bits per heavy atom. The van der Waals surface area contributed by atoms with Crippen LogP contribution in [0.15, 0.2) is 0 Å². The van der Waals surface area contributed by atoms with Crippen LogP contribution in [-0.2, 0) is 0 Å². The quantitative estimate of drug-likeness (QED) is 0.583. The van der Waals surface area contributed by atoms with E-state index in [9.17, 15) is 0 Å². The van der Waals surface area contributed by atoms with Crippen molar-refractivity contribution in [1.82, 2.24) is 0 Å². The Kier molecular flexibility index (Phi) is 3.52. The molecule has 1 aliphatic carbocycles. The van der Waals surface area contributed by atoms with E-state index in [0.29, 0.717) is 0 Å². The molecule has 0 saturated heterocycles. The average Bonchev–Trinajstić information content (AvgIpc) is 1.85. The van der Waals surface area contributed by atoms with Gasteiger partial charge in [-0.2, -0.15) is 0 Å². The third-order valence-electron chi connectivity index (χ3n) is 2.35. The first kappa shape index (κ1) is 9.67. The van der Waals surface area contributed by atoms with Gasteiger partial charge in [0.2, 0.25) is 0 Å². The van der Waals surface area contributed by atoms with Crippen LogP contribution in [0.3, 0.4) is 0 Å². The standard InChI is InChI=1S/C9H15Cl2/c1-2-4-8-5-3-6-9(10,11)7-8/h8H,1-7H2. The predicted octanol–water partition coefficient (Wildman–Crippen LogP) is 3.96. The minimum atomic E-state index is -0.432. The number of alkyl halides is 2. The molecule has 0 spiro atoms. The lowest BCUT2D eigenvalue weighted by Crippen LogP contribution is -2.23. The van der Waals surface area contributed by atoms with Gasteiger partial charge < -0.3 is 0 Å². The zero-order valence-corrected chi connectivity index (χ0v) is 8.29. The monoisotopic (exact) mass is 193 g/mol. The number of rotatable bonds is 2. The summed E-state index contributed by atoms with van der Waals surface area (Å²) in [5.41, 5.74) is 0. The first-order valence-corrected chi connectivity index (χ1v) is 5.07. The molecule has 1 atom stereocenters. The van der Waals surface area contributed by atoms with Gasteiger partial charge >= 0.3 is 0 Å². The number of hydrogen-bond acceptors (Lipinski definition) is 0. The molecule has 0 N–H and O–H groups in total. The molecule has 0 nitrogen and oxygen atoms in total. The zero-order valence-electron chi connectivity index (χ0n) is 6.78. The molecule has 1 aliphatic rings. The van der Waals surface area contributed by atoms with Crippen LogP contribution in [0, 0.1) is 12.8 Å². The highest BCUT2D eigenvalue weighted by Crippen LogP contribution is 2.41. The van der Waals surface area contributed by atoms with Gasteiger partial charge in [0.05, 0.1) is 0 Å². The van der Waals surface area contributed by atoms with E-state index < -0.39 is 4.33 Å². The highest BCUT2D eigenvalue weighted by molar-refractivity contribution is 6.48. The fourth-order valence-corrected chi connectivity index (χ4v) is 2.51. The molecule has 0 amide bonds. The fraction of sp³-hybridized carbons (Fsp3) is 0.889. The number of hydrogen-bond donors (Lipinski definition) is 0. The minimum Gasteiger partial charge on any atom is -0.102 e. The SMILES string of the molecule is [CH2]CCC1CCCC(Cl)(Cl)C1. The lowest BCUT2D eigenvalue weighted by molar-refractivity contribution is 0.326. The lowest BCUT2D eigenvalue weighted by atomic mass is 9.86. The third-order valence-corrected chi connectivity index (χ3v) is 3.04. The van der Waals surface area contributed by atoms with Crippen LogP contribution < -0.4 is 0 Å². The Balaban J connectivity index is 2.34. The van der Waals surface area contributed by atoms with E-state index in [0.717, 1.165) is 25.2 Å². The summed E-state index contributed by atoms with van der Waals surface area (Å²) in [5.74, 6) is 0.719. The minimum absolute atomic E-state index is 0.432. The van der Waals surface area contributed by atoms with Gasteiger partial charge in [-0.3, -0.25) is 0 Å². The van der Waals surface area contributed by atoms with Crippen LogP contribution in [-0.4, -0.2) is 4.33 Å². The van der Waals surface area contributed by atoms with Gasteiger partial charge in [-0.15, -0.1) is 23.2 Å². The second-order valence-electron chi connectivity index (χ2n) is 3.46. The van der Waals surface area contributed by atoms with Crippen molar-refractivity contribution in [2.24, 2.45) is 5.92 Å². The van der Waals surface area contributed by atoms with Gasteiger partial charge in [-0.25, -0.2) is 0 Å². The summed E-state index contributed by atoms with van der Waals surface area (Å²) in [6, 6.07) is 0. The second-order valence-corrected chi connectivity index (χ2v) is 5.10. The van der Waals surface area contributed by atoms with Crippen molar-refractivity contribution < 1.29 is 0 Å². The highest BCUT2D eigenvalue weighted by atomic mass is 35.5. The van der Waals surface area contributed by atoms with Crippen LogP contribution in [0.2, 0.25) is 0 Å². The Labute approximate surface area is 79.3 Å². The molecule has 11 heavy (non-hydrogen) atoms. The van der Waals surface area contributed by atoms with Crippen molar-refractivity contribution in [1.29, 1.82) is 0 Å². The molecule has 1 saturated carbocycles. The average molecular weight is 194 g/mol. The molecular weight excluding hydrogens is 179 g/mol. The lowest BCUT2D eigenvalue weighted by Gasteiger charge is -2.31. The maximum absolute atomic E-state index is 6.05. The van der Waals surface area contributed by atoms with Crippen LogP contribution in [0.4, 0.5) is 0 Å². The van der Waals surface area contributed by atoms with E-state index in [2.05, 4.69) is 6.92 Å². The largest absolute Gasteiger partial charge is 0.118 e. The van der Waals surface area contributed by atoms with Crippen LogP contribution in [0.1, 0.15) is 38.5 Å². The van der Waals surface area contributed by atoms with Crippen molar-refractivity contribution in [3.05, 3.63) is 6.92 Å². The summed E-state index contributed by atoms with van der Waals surface area (Å²) in [4.78, 5) is 0. The van der Waals surface area contributed by atoms with Gasteiger partial charge in [0.15, 0.2) is 0 Å². The fourth-order valence-electron chi connectivity index (χ4n) is 1.81. The third kappa shape index (κ3) is 3.21. The molecule has 0 aromatic rings. The Morgan fingerprint density at radius 1 is 1.45 bits per heavy atom. The van der Waals surface area contributed by atoms with E-state index in [-0.39, 0.29) is 0 Å². The second kappa shape index (κ2) is 4.00. The van der Waals surface area contributed by atoms with Gasteiger partial charge in [0.1, 0.15) is 4.33 Å². The first-order chi connectivity index (χ1) is 5.14. The topological polar surface area (TPSA) is 0 Å². The Hall–Kier alpha value is 0.580. The van der Waals surface area contributed by atoms with E-state index in [1.165, 1.54) is 19.3 Å². The summed E-state index contributed by atoms with van der Waals surface area (Å²) >= 11 is 12.1. The maximum Gasteiger partial charge on any atom is 0.118 e. The van der Waals surface area contributed by atoms with E-state index in [1.807, 2.05) is 0 Å². The summed E-state index contributed by atoms with van der Waals surface area (Å²) in [6.07, 6.45) is 6.58. The molecule has 65 valence electrons. The summed E-state index contributed by atoms with van der Waals surface area (Å²) in [6.45, 7) is 3.84. The molecule has 2 heteroatoms. The molecule has 0 aromatic heterocycles. The van der Waals surface area contributed by atoms with E-state index >= 15 is 0 Å². The normalized spacial score (nSPS) is 30.3. The van der Waals surface area contributed by atoms with E-state index in [4.69, 9.17) is 23.2 Å². The molecule has 0 aliphatic heterocycles. The zero-order chi connectivity index (χ0) is 8.32. The van der Waals surface area contributed by atoms with Crippen molar-refractivity contribution in [2.75, 3.05) is 0 Å². The van der Waals surface area contributed by atoms with Crippen molar-refractivity contribution in [2.45, 2.75) is 42.9 Å². The van der Waals surface area contributed by atoms with Crippen LogP contribution in [0.5, 0.6) is 0 Å². The van der Waals surface area contributed by atoms with Crippen molar-refractivity contribution in [3.8, 4) is 0 Å². The van der Waals surface area contributed by atoms with Crippen molar-refractivity contribution >= 4 is 23.2 Å². The summed E-state index contributed by atoms with van der Waals surface area (Å²) < 4.78 is -0.432. The molecule has 1 radical (unpaired) electrons. The van der Waals surface area contributed by atoms with Crippen LogP contribution >= 0.6 is 23.2 Å². The number of halogens is 2. The smallest absolute Gasteiger partial charge is 0.102 e. The van der Waals surface area contributed by atoms with Gasteiger partial charge in [0, 0.05) is 0 Å². The van der Waals surface area contributed by atoms with Crippen LogP contribution in [0.25, 0.3) is 0 Å². The molecule has 1 unspecified atom stereocenters. The summed E-state index contributed by atoms with van der Waals surface area (Å²) in [7, 11) is 0. The Bertz CT molecular complexity index is 119. The molecular formula is C9H15Cl2. The van der Waals surface area contributed by atoms with Crippen molar-refractivity contribution in [3.63, 3.8) is 0 Å². The first-order valence-electron chi connectivity index (χ1n) is 4.31. The molecule has 1 rings (SSSR count). The van der Waals surface area contributed by atoms with E-state index in [1.54, 1.807) is 0 Å². The van der Waals surface area contributed by atoms with Gasteiger partial charge in [-0.05, 0) is 18.8 Å². The van der Waals surface area contributed by atoms with Gasteiger partial charge in [0.25, 0.3) is 0 Å². The Morgan fingerprint density at radius 2 is 2.18 bits per heavy atom. The molecule has 0 bridgehead atoms. The molecule has 0 aromatic carbocycles.